The van der Waals surface area contributed by atoms with E-state index < -0.39 is 5.82 Å². The number of hydrogen-bond donors (Lipinski definition) is 2. The monoisotopic (exact) mass is 403 g/mol. The number of rotatable bonds is 3. The van der Waals surface area contributed by atoms with Crippen LogP contribution in [0.15, 0.2) is 43.4 Å². The Morgan fingerprint density at radius 3 is 2.83 bits per heavy atom. The van der Waals surface area contributed by atoms with Gasteiger partial charge < -0.3 is 20.8 Å². The van der Waals surface area contributed by atoms with Crippen LogP contribution in [0, 0.1) is 12.7 Å². The summed E-state index contributed by atoms with van der Waals surface area (Å²) in [6, 6.07) is 6.22. The number of ether oxygens (including phenoxy) is 1. The average molecular weight is 403 g/mol. The molecule has 5 rings (SSSR count). The maximum atomic E-state index is 15.0. The standard InChI is InChI=1S/C21H18FN7O/c1-10-5-6-25-21(28-10)30-15-4-3-12(7-13(15)22)16-17-19(24)26-9-27-20(17)29-8-14(23)11(2)18(16)29/h3-7,9,14H,2,8,23H2,1H3,(H2,24,26,27). The van der Waals surface area contributed by atoms with E-state index in [1.54, 1.807) is 25.3 Å². The molecular formula is C21H18FN7O. The Morgan fingerprint density at radius 2 is 2.07 bits per heavy atom. The maximum absolute atomic E-state index is 15.0. The molecule has 30 heavy (non-hydrogen) atoms. The molecule has 0 bridgehead atoms. The zero-order valence-electron chi connectivity index (χ0n) is 16.1. The van der Waals surface area contributed by atoms with Gasteiger partial charge >= 0.3 is 6.01 Å². The van der Waals surface area contributed by atoms with Crippen molar-refractivity contribution >= 4 is 22.4 Å². The second-order valence-electron chi connectivity index (χ2n) is 7.15. The minimum absolute atomic E-state index is 0.0178. The first-order valence-electron chi connectivity index (χ1n) is 9.29. The van der Waals surface area contributed by atoms with E-state index in [0.717, 1.165) is 17.0 Å². The number of benzene rings is 1. The van der Waals surface area contributed by atoms with Crippen LogP contribution in [0.3, 0.4) is 0 Å². The fraction of sp³-hybridized carbons (Fsp3) is 0.143. The van der Waals surface area contributed by atoms with Crippen molar-refractivity contribution in [2.75, 3.05) is 5.73 Å². The SMILES string of the molecule is C=C1c2c(-c3ccc(Oc4nccc(C)n4)c(F)c3)c3c(N)ncnc3n2CC1N. The molecule has 1 atom stereocenters. The molecule has 1 aliphatic heterocycles. The number of fused-ring (bicyclic) bond motifs is 3. The largest absolute Gasteiger partial charge is 0.421 e. The van der Waals surface area contributed by atoms with E-state index >= 15 is 0 Å². The smallest absolute Gasteiger partial charge is 0.322 e. The molecule has 150 valence electrons. The zero-order chi connectivity index (χ0) is 21.0. The normalized spacial score (nSPS) is 15.6. The van der Waals surface area contributed by atoms with E-state index in [1.807, 2.05) is 4.57 Å². The molecule has 4 heterocycles. The van der Waals surface area contributed by atoms with Crippen LogP contribution in [-0.2, 0) is 6.54 Å². The number of nitrogens with two attached hydrogens (primary N) is 2. The first-order valence-corrected chi connectivity index (χ1v) is 9.29. The van der Waals surface area contributed by atoms with Crippen molar-refractivity contribution in [2.24, 2.45) is 5.73 Å². The van der Waals surface area contributed by atoms with E-state index in [-0.39, 0.29) is 17.8 Å². The molecule has 0 saturated carbocycles. The summed E-state index contributed by atoms with van der Waals surface area (Å²) in [5.74, 6) is -0.231. The fourth-order valence-corrected chi connectivity index (χ4v) is 3.78. The molecule has 1 unspecified atom stereocenters. The predicted molar refractivity (Wildman–Crippen MR) is 111 cm³/mol. The van der Waals surface area contributed by atoms with Gasteiger partial charge in [0.15, 0.2) is 11.6 Å². The molecule has 4 N–H and O–H groups in total. The molecule has 0 fully saturated rings. The van der Waals surface area contributed by atoms with Crippen LogP contribution in [0.4, 0.5) is 10.2 Å². The molecule has 4 aromatic rings. The molecule has 1 aromatic carbocycles. The van der Waals surface area contributed by atoms with Crippen LogP contribution < -0.4 is 16.2 Å². The summed E-state index contributed by atoms with van der Waals surface area (Å²) >= 11 is 0. The second-order valence-corrected chi connectivity index (χ2v) is 7.15. The molecule has 0 aliphatic carbocycles. The minimum atomic E-state index is -0.561. The molecular weight excluding hydrogens is 385 g/mol. The van der Waals surface area contributed by atoms with E-state index in [2.05, 4.69) is 26.5 Å². The highest BCUT2D eigenvalue weighted by molar-refractivity contribution is 6.06. The minimum Gasteiger partial charge on any atom is -0.421 e. The predicted octanol–water partition coefficient (Wildman–Crippen LogP) is 3.06. The van der Waals surface area contributed by atoms with Gasteiger partial charge in [0, 0.05) is 30.0 Å². The number of nitrogens with zero attached hydrogens (tertiary/aromatic N) is 5. The number of halogens is 1. The highest BCUT2D eigenvalue weighted by Crippen LogP contribution is 2.44. The van der Waals surface area contributed by atoms with Crippen LogP contribution in [0.1, 0.15) is 11.4 Å². The number of aryl methyl sites for hydroxylation is 1. The Hall–Kier alpha value is -3.85. The Balaban J connectivity index is 1.65. The van der Waals surface area contributed by atoms with Crippen molar-refractivity contribution in [3.05, 3.63) is 60.6 Å². The van der Waals surface area contributed by atoms with Crippen molar-refractivity contribution in [3.63, 3.8) is 0 Å². The van der Waals surface area contributed by atoms with Gasteiger partial charge in [-0.15, -0.1) is 0 Å². The summed E-state index contributed by atoms with van der Waals surface area (Å²) in [5.41, 5.74) is 16.6. The molecule has 0 radical (unpaired) electrons. The summed E-state index contributed by atoms with van der Waals surface area (Å²) in [4.78, 5) is 16.6. The van der Waals surface area contributed by atoms with Gasteiger partial charge in [-0.3, -0.25) is 0 Å². The molecule has 3 aromatic heterocycles. The van der Waals surface area contributed by atoms with Crippen molar-refractivity contribution in [1.82, 2.24) is 24.5 Å². The van der Waals surface area contributed by atoms with Gasteiger partial charge in [-0.25, -0.2) is 24.3 Å². The molecule has 0 saturated heterocycles. The zero-order valence-corrected chi connectivity index (χ0v) is 16.1. The summed E-state index contributed by atoms with van der Waals surface area (Å²) in [7, 11) is 0. The lowest BCUT2D eigenvalue weighted by molar-refractivity contribution is 0.410. The third-order valence-electron chi connectivity index (χ3n) is 5.19. The first kappa shape index (κ1) is 18.2. The molecule has 0 spiro atoms. The van der Waals surface area contributed by atoms with Gasteiger partial charge in [-0.2, -0.15) is 0 Å². The van der Waals surface area contributed by atoms with Crippen LogP contribution >= 0.6 is 0 Å². The van der Waals surface area contributed by atoms with Crippen molar-refractivity contribution in [3.8, 4) is 22.9 Å². The number of hydrogen-bond acceptors (Lipinski definition) is 7. The fourth-order valence-electron chi connectivity index (χ4n) is 3.78. The highest BCUT2D eigenvalue weighted by Gasteiger charge is 2.31. The van der Waals surface area contributed by atoms with E-state index in [0.29, 0.717) is 34.5 Å². The number of anilines is 1. The summed E-state index contributed by atoms with van der Waals surface area (Å²) in [5, 5.41) is 0.649. The third-order valence-corrected chi connectivity index (χ3v) is 5.19. The lowest BCUT2D eigenvalue weighted by Crippen LogP contribution is -2.20. The van der Waals surface area contributed by atoms with Crippen LogP contribution in [0.25, 0.3) is 27.7 Å². The lowest BCUT2D eigenvalue weighted by Gasteiger charge is -2.10. The molecule has 1 aliphatic rings. The summed E-state index contributed by atoms with van der Waals surface area (Å²) in [6.45, 7) is 6.45. The summed E-state index contributed by atoms with van der Waals surface area (Å²) < 4.78 is 22.4. The van der Waals surface area contributed by atoms with Gasteiger partial charge in [-0.05, 0) is 36.3 Å². The Kier molecular flexibility index (Phi) is 4.00. The highest BCUT2D eigenvalue weighted by atomic mass is 19.1. The number of aromatic nitrogens is 5. The van der Waals surface area contributed by atoms with Gasteiger partial charge in [0.2, 0.25) is 0 Å². The molecule has 0 amide bonds. The summed E-state index contributed by atoms with van der Waals surface area (Å²) in [6.07, 6.45) is 2.96. The van der Waals surface area contributed by atoms with Crippen molar-refractivity contribution in [2.45, 2.75) is 19.5 Å². The molecule has 8 nitrogen and oxygen atoms in total. The Labute approximate surface area is 171 Å². The van der Waals surface area contributed by atoms with Gasteiger partial charge in [0.05, 0.1) is 11.1 Å². The van der Waals surface area contributed by atoms with Crippen molar-refractivity contribution in [1.29, 1.82) is 0 Å². The van der Waals surface area contributed by atoms with E-state index in [9.17, 15) is 4.39 Å². The van der Waals surface area contributed by atoms with Crippen LogP contribution in [-0.4, -0.2) is 30.5 Å². The van der Waals surface area contributed by atoms with Gasteiger partial charge in [0.25, 0.3) is 0 Å². The Bertz CT molecular complexity index is 1330. The maximum Gasteiger partial charge on any atom is 0.322 e. The number of nitrogen functional groups attached to an aromatic ring is 1. The molecule has 9 heteroatoms. The Morgan fingerprint density at radius 1 is 1.23 bits per heavy atom. The van der Waals surface area contributed by atoms with E-state index in [1.165, 1.54) is 18.5 Å². The van der Waals surface area contributed by atoms with Crippen molar-refractivity contribution < 1.29 is 9.13 Å². The second kappa shape index (κ2) is 6.60. The van der Waals surface area contributed by atoms with Gasteiger partial charge in [-0.1, -0.05) is 12.6 Å². The van der Waals surface area contributed by atoms with Crippen LogP contribution in [0.2, 0.25) is 0 Å². The van der Waals surface area contributed by atoms with E-state index in [4.69, 9.17) is 16.2 Å². The van der Waals surface area contributed by atoms with Crippen LogP contribution in [0.5, 0.6) is 11.8 Å². The average Bonchev–Trinajstić information content (AvgIpc) is 3.19. The topological polar surface area (TPSA) is 118 Å². The lowest BCUT2D eigenvalue weighted by atomic mass is 9.98. The first-order chi connectivity index (χ1) is 14.4. The van der Waals surface area contributed by atoms with Gasteiger partial charge in [0.1, 0.15) is 17.8 Å². The third kappa shape index (κ3) is 2.71. The quantitative estimate of drug-likeness (QED) is 0.540.